The molecule has 0 N–H and O–H groups in total. The maximum atomic E-state index is 10.6. The number of carbonyl (C=O) groups excluding carboxylic acids is 2. The molecule has 1 aromatic rings. The average molecular weight is 222 g/mol. The van der Waals surface area contributed by atoms with Crippen molar-refractivity contribution in [3.05, 3.63) is 29.3 Å². The summed E-state index contributed by atoms with van der Waals surface area (Å²) in [6, 6.07) is 4.94. The second-order valence-corrected chi connectivity index (χ2v) is 3.73. The van der Waals surface area contributed by atoms with E-state index in [0.717, 1.165) is 11.8 Å². The van der Waals surface area contributed by atoms with Crippen LogP contribution in [-0.2, 0) is 9.68 Å². The minimum Gasteiger partial charge on any atom is -0.298 e. The Labute approximate surface area is 94.1 Å². The molecule has 1 aromatic carbocycles. The van der Waals surface area contributed by atoms with Crippen LogP contribution in [0.4, 0.5) is 0 Å². The Morgan fingerprint density at radius 3 is 2.56 bits per heavy atom. The maximum absolute atomic E-state index is 10.6. The Morgan fingerprint density at radius 1 is 1.38 bits per heavy atom. The number of aldehydes is 1. The molecule has 0 atom stereocenters. The van der Waals surface area contributed by atoms with Gasteiger partial charge in [0.2, 0.25) is 0 Å². The van der Waals surface area contributed by atoms with Crippen molar-refractivity contribution in [2.45, 2.75) is 26.7 Å². The molecule has 0 aliphatic heterocycles. The maximum Gasteiger partial charge on any atom is 0.352 e. The van der Waals surface area contributed by atoms with Crippen molar-refractivity contribution in [2.24, 2.45) is 0 Å². The standard InChI is InChI=1S/C12H14O4/c1-8(2)11-6-10(7-13)4-5-12(11)16-15-9(3)14/h4-8H,1-3H3. The first-order valence-electron chi connectivity index (χ1n) is 4.98. The number of rotatable bonds is 4. The van der Waals surface area contributed by atoms with Crippen molar-refractivity contribution < 1.29 is 19.4 Å². The van der Waals surface area contributed by atoms with Crippen molar-refractivity contribution in [3.8, 4) is 5.75 Å². The minimum atomic E-state index is -0.519. The normalized spacial score (nSPS) is 10.0. The van der Waals surface area contributed by atoms with Crippen molar-refractivity contribution >= 4 is 12.3 Å². The Morgan fingerprint density at radius 2 is 2.06 bits per heavy atom. The van der Waals surface area contributed by atoms with E-state index in [0.29, 0.717) is 11.3 Å². The quantitative estimate of drug-likeness (QED) is 0.446. The lowest BCUT2D eigenvalue weighted by atomic mass is 10.00. The van der Waals surface area contributed by atoms with E-state index in [1.54, 1.807) is 18.2 Å². The van der Waals surface area contributed by atoms with Crippen molar-refractivity contribution in [1.82, 2.24) is 0 Å². The first-order chi connectivity index (χ1) is 7.54. The molecule has 1 rings (SSSR count). The molecule has 16 heavy (non-hydrogen) atoms. The largest absolute Gasteiger partial charge is 0.352 e. The fourth-order valence-corrected chi connectivity index (χ4v) is 1.27. The predicted molar refractivity (Wildman–Crippen MR) is 58.3 cm³/mol. The van der Waals surface area contributed by atoms with Gasteiger partial charge in [0.15, 0.2) is 5.75 Å². The van der Waals surface area contributed by atoms with E-state index in [9.17, 15) is 9.59 Å². The molecule has 0 unspecified atom stereocenters. The summed E-state index contributed by atoms with van der Waals surface area (Å²) in [5, 5.41) is 0. The van der Waals surface area contributed by atoms with Crippen LogP contribution in [-0.4, -0.2) is 12.3 Å². The summed E-state index contributed by atoms with van der Waals surface area (Å²) in [7, 11) is 0. The Balaban J connectivity index is 2.98. The highest BCUT2D eigenvalue weighted by Gasteiger charge is 2.11. The number of carbonyl (C=O) groups is 2. The zero-order valence-corrected chi connectivity index (χ0v) is 9.52. The molecular weight excluding hydrogens is 208 g/mol. The summed E-state index contributed by atoms with van der Waals surface area (Å²) < 4.78 is 0. The lowest BCUT2D eigenvalue weighted by Gasteiger charge is -2.11. The lowest BCUT2D eigenvalue weighted by molar-refractivity contribution is -0.211. The number of benzene rings is 1. The second-order valence-electron chi connectivity index (χ2n) is 3.73. The topological polar surface area (TPSA) is 52.6 Å². The summed E-state index contributed by atoms with van der Waals surface area (Å²) in [5.74, 6) is 0.107. The van der Waals surface area contributed by atoms with Gasteiger partial charge in [-0.1, -0.05) is 13.8 Å². The second kappa shape index (κ2) is 5.30. The van der Waals surface area contributed by atoms with E-state index in [-0.39, 0.29) is 5.92 Å². The van der Waals surface area contributed by atoms with Gasteiger partial charge in [-0.25, -0.2) is 4.79 Å². The summed E-state index contributed by atoms with van der Waals surface area (Å²) in [6.45, 7) is 5.18. The van der Waals surface area contributed by atoms with E-state index < -0.39 is 5.97 Å². The highest BCUT2D eigenvalue weighted by molar-refractivity contribution is 5.75. The van der Waals surface area contributed by atoms with Crippen molar-refractivity contribution in [2.75, 3.05) is 0 Å². The van der Waals surface area contributed by atoms with Crippen LogP contribution in [0.2, 0.25) is 0 Å². The van der Waals surface area contributed by atoms with Crippen LogP contribution in [0.1, 0.15) is 42.6 Å². The molecule has 0 bridgehead atoms. The van der Waals surface area contributed by atoms with Crippen LogP contribution in [0.25, 0.3) is 0 Å². The Bertz CT molecular complexity index is 396. The van der Waals surface area contributed by atoms with E-state index in [1.807, 2.05) is 13.8 Å². The van der Waals surface area contributed by atoms with Crippen molar-refractivity contribution in [3.63, 3.8) is 0 Å². The zero-order chi connectivity index (χ0) is 12.1. The summed E-state index contributed by atoms with van der Waals surface area (Å²) in [6.07, 6.45) is 0.765. The third-order valence-electron chi connectivity index (χ3n) is 2.04. The van der Waals surface area contributed by atoms with Gasteiger partial charge in [0, 0.05) is 18.1 Å². The van der Waals surface area contributed by atoms with Gasteiger partial charge in [-0.2, -0.15) is 0 Å². The van der Waals surface area contributed by atoms with Crippen LogP contribution >= 0.6 is 0 Å². The van der Waals surface area contributed by atoms with Gasteiger partial charge in [0.25, 0.3) is 0 Å². The molecule has 0 aliphatic carbocycles. The van der Waals surface area contributed by atoms with E-state index >= 15 is 0 Å². The molecule has 0 saturated carbocycles. The van der Waals surface area contributed by atoms with Crippen LogP contribution in [0.5, 0.6) is 5.75 Å². The zero-order valence-electron chi connectivity index (χ0n) is 9.52. The number of hydrogen-bond acceptors (Lipinski definition) is 4. The molecule has 4 heteroatoms. The smallest absolute Gasteiger partial charge is 0.298 e. The fraction of sp³-hybridized carbons (Fsp3) is 0.333. The number of hydrogen-bond donors (Lipinski definition) is 0. The van der Waals surface area contributed by atoms with Crippen LogP contribution < -0.4 is 4.89 Å². The van der Waals surface area contributed by atoms with Gasteiger partial charge < -0.3 is 0 Å². The van der Waals surface area contributed by atoms with Gasteiger partial charge in [0.1, 0.15) is 6.29 Å². The molecular formula is C12H14O4. The van der Waals surface area contributed by atoms with Gasteiger partial charge in [-0.15, -0.1) is 0 Å². The molecule has 0 aliphatic rings. The Kier molecular flexibility index (Phi) is 4.05. The van der Waals surface area contributed by atoms with Gasteiger partial charge in [-0.3, -0.25) is 14.6 Å². The average Bonchev–Trinajstić information content (AvgIpc) is 2.25. The Hall–Kier alpha value is -1.84. The molecule has 0 aromatic heterocycles. The first-order valence-corrected chi connectivity index (χ1v) is 4.98. The molecule has 0 amide bonds. The van der Waals surface area contributed by atoms with E-state index in [1.165, 1.54) is 6.92 Å². The summed E-state index contributed by atoms with van der Waals surface area (Å²) in [4.78, 5) is 30.6. The van der Waals surface area contributed by atoms with Gasteiger partial charge in [0.05, 0.1) is 0 Å². The van der Waals surface area contributed by atoms with Crippen LogP contribution in [0.15, 0.2) is 18.2 Å². The molecule has 86 valence electrons. The van der Waals surface area contributed by atoms with Gasteiger partial charge >= 0.3 is 5.97 Å². The SMILES string of the molecule is CC(=O)OOc1ccc(C=O)cc1C(C)C. The first kappa shape index (κ1) is 12.2. The van der Waals surface area contributed by atoms with Crippen LogP contribution in [0, 0.1) is 0 Å². The third-order valence-corrected chi connectivity index (χ3v) is 2.04. The van der Waals surface area contributed by atoms with Crippen LogP contribution in [0.3, 0.4) is 0 Å². The molecule has 0 heterocycles. The van der Waals surface area contributed by atoms with Gasteiger partial charge in [-0.05, 0) is 24.1 Å². The predicted octanol–water partition coefficient (Wildman–Crippen LogP) is 2.48. The van der Waals surface area contributed by atoms with Crippen molar-refractivity contribution in [1.29, 1.82) is 0 Å². The molecule has 4 nitrogen and oxygen atoms in total. The third kappa shape index (κ3) is 3.08. The molecule has 0 spiro atoms. The summed E-state index contributed by atoms with van der Waals surface area (Å²) in [5.41, 5.74) is 1.39. The lowest BCUT2D eigenvalue weighted by Crippen LogP contribution is -2.05. The monoisotopic (exact) mass is 222 g/mol. The molecule has 0 radical (unpaired) electrons. The summed E-state index contributed by atoms with van der Waals surface area (Å²) >= 11 is 0. The highest BCUT2D eigenvalue weighted by Crippen LogP contribution is 2.27. The molecule has 0 fully saturated rings. The molecule has 0 saturated heterocycles. The minimum absolute atomic E-state index is 0.172. The van der Waals surface area contributed by atoms with E-state index in [4.69, 9.17) is 4.89 Å². The fourth-order valence-electron chi connectivity index (χ4n) is 1.27. The van der Waals surface area contributed by atoms with E-state index in [2.05, 4.69) is 4.89 Å². The highest BCUT2D eigenvalue weighted by atomic mass is 17.2.